The molecule has 0 saturated heterocycles. The Kier molecular flexibility index (Phi) is 8.78. The number of imidazole rings is 1. The van der Waals surface area contributed by atoms with Gasteiger partial charge in [0.05, 0.1) is 10.5 Å². The summed E-state index contributed by atoms with van der Waals surface area (Å²) in [7, 11) is 0. The molecule has 0 bridgehead atoms. The molecule has 0 fully saturated rings. The van der Waals surface area contributed by atoms with E-state index in [9.17, 15) is 24.8 Å². The minimum atomic E-state index is -0.364. The molecule has 2 heterocycles. The first kappa shape index (κ1) is 30.8. The maximum atomic E-state index is 14.0. The van der Waals surface area contributed by atoms with Crippen LogP contribution in [0.25, 0.3) is 29.3 Å². The van der Waals surface area contributed by atoms with Gasteiger partial charge in [-0.3, -0.25) is 0 Å². The van der Waals surface area contributed by atoms with Crippen LogP contribution in [0, 0.1) is 40.4 Å². The van der Waals surface area contributed by atoms with E-state index in [2.05, 4.69) is 15.0 Å². The molecule has 0 aliphatic heterocycles. The maximum absolute atomic E-state index is 14.0. The zero-order chi connectivity index (χ0) is 31.7. The zero-order valence-electron chi connectivity index (χ0n) is 25.4. The molecular formula is C35H36FN3O4S. The number of aromatic nitrogens is 3. The molecule has 0 atom stereocenters. The van der Waals surface area contributed by atoms with Gasteiger partial charge in [0.1, 0.15) is 34.3 Å². The number of aryl methyl sites for hydroxylation is 1. The number of halogens is 1. The van der Waals surface area contributed by atoms with Crippen molar-refractivity contribution in [1.82, 2.24) is 15.0 Å². The third kappa shape index (κ3) is 5.92. The SMILES string of the molecule is Cc1c(C)c(O)c(/C=C/Cc2ncc(/C=C/c3c(C)c(O)c(C)c(CCCc4nc5c(F)cccc5[nH]4)c3O)s2)c(C)c1O. The molecule has 0 spiro atoms. The molecule has 0 saturated carbocycles. The van der Waals surface area contributed by atoms with Gasteiger partial charge in [-0.2, -0.15) is 0 Å². The number of H-pyrrole nitrogens is 1. The predicted octanol–water partition coefficient (Wildman–Crippen LogP) is 8.12. The molecule has 0 aliphatic rings. The third-order valence-corrected chi connectivity index (χ3v) is 9.30. The van der Waals surface area contributed by atoms with E-state index in [-0.39, 0.29) is 28.8 Å². The van der Waals surface area contributed by atoms with Crippen LogP contribution in [0.1, 0.15) is 66.6 Å². The number of allylic oxidation sites excluding steroid dienone is 1. The van der Waals surface area contributed by atoms with Crippen LogP contribution in [0.2, 0.25) is 0 Å². The van der Waals surface area contributed by atoms with Crippen molar-refractivity contribution < 1.29 is 24.8 Å². The minimum absolute atomic E-state index is 0.129. The standard InChI is InChI=1S/C35H36FN3O4S/c1-18-19(2)34(42)24(20(3)32(18)40)10-7-14-30-37-17-23(44-30)15-16-26-22(5)33(41)21(4)25(35(26)43)9-6-13-29-38-28-12-8-11-27(36)31(28)39-29/h7-8,10-12,15-17,40-43H,6,9,13-14H2,1-5H3,(H,38,39)/b10-7+,16-15+. The van der Waals surface area contributed by atoms with Crippen LogP contribution in [0.15, 0.2) is 30.5 Å². The molecule has 2 aromatic heterocycles. The number of phenols is 4. The van der Waals surface area contributed by atoms with E-state index in [0.717, 1.165) is 9.88 Å². The summed E-state index contributed by atoms with van der Waals surface area (Å²) >= 11 is 1.50. The van der Waals surface area contributed by atoms with Crippen molar-refractivity contribution in [2.75, 3.05) is 0 Å². The lowest BCUT2D eigenvalue weighted by molar-refractivity contribution is 0.445. The molecule has 5 rings (SSSR count). The molecule has 0 radical (unpaired) electrons. The summed E-state index contributed by atoms with van der Waals surface area (Å²) < 4.78 is 14.0. The Morgan fingerprint density at radius 2 is 1.48 bits per heavy atom. The molecule has 0 aliphatic carbocycles. The Morgan fingerprint density at radius 1 is 0.795 bits per heavy atom. The fourth-order valence-electron chi connectivity index (χ4n) is 5.46. The number of thiazole rings is 1. The van der Waals surface area contributed by atoms with Gasteiger partial charge in [-0.15, -0.1) is 11.3 Å². The van der Waals surface area contributed by atoms with Crippen LogP contribution in [0.4, 0.5) is 4.39 Å². The molecule has 3 aromatic carbocycles. The number of phenolic OH excluding ortho intramolecular Hbond substituents is 4. The van der Waals surface area contributed by atoms with E-state index in [1.807, 2.05) is 12.2 Å². The molecule has 7 nitrogen and oxygen atoms in total. The van der Waals surface area contributed by atoms with Crippen LogP contribution in [-0.4, -0.2) is 35.4 Å². The highest BCUT2D eigenvalue weighted by molar-refractivity contribution is 7.12. The van der Waals surface area contributed by atoms with E-state index in [0.29, 0.717) is 87.0 Å². The Labute approximate surface area is 259 Å². The van der Waals surface area contributed by atoms with Gasteiger partial charge in [-0.05, 0) is 88.4 Å². The van der Waals surface area contributed by atoms with Gasteiger partial charge >= 0.3 is 0 Å². The highest BCUT2D eigenvalue weighted by atomic mass is 32.1. The number of benzene rings is 3. The molecule has 228 valence electrons. The largest absolute Gasteiger partial charge is 0.507 e. The lowest BCUT2D eigenvalue weighted by Crippen LogP contribution is -1.99. The third-order valence-electron chi connectivity index (χ3n) is 8.31. The Balaban J connectivity index is 1.29. The summed E-state index contributed by atoms with van der Waals surface area (Å²) in [4.78, 5) is 12.9. The number of nitrogens with zero attached hydrogens (tertiary/aromatic N) is 2. The van der Waals surface area contributed by atoms with Gasteiger partial charge in [0.2, 0.25) is 0 Å². The number of hydrogen-bond donors (Lipinski definition) is 5. The van der Waals surface area contributed by atoms with Crippen LogP contribution < -0.4 is 0 Å². The first-order valence-corrected chi connectivity index (χ1v) is 15.3. The number of para-hydroxylation sites is 1. The van der Waals surface area contributed by atoms with Crippen molar-refractivity contribution in [3.8, 4) is 23.0 Å². The molecule has 5 N–H and O–H groups in total. The first-order chi connectivity index (χ1) is 21.0. The topological polar surface area (TPSA) is 122 Å². The van der Waals surface area contributed by atoms with Gasteiger partial charge in [-0.1, -0.05) is 18.2 Å². The second-order valence-electron chi connectivity index (χ2n) is 11.1. The maximum Gasteiger partial charge on any atom is 0.151 e. The summed E-state index contributed by atoms with van der Waals surface area (Å²) in [6, 6.07) is 4.81. The van der Waals surface area contributed by atoms with E-state index < -0.39 is 0 Å². The molecular weight excluding hydrogens is 577 g/mol. The fraction of sp³-hybridized carbons (Fsp3) is 0.257. The van der Waals surface area contributed by atoms with Gasteiger partial charge in [0.15, 0.2) is 5.82 Å². The van der Waals surface area contributed by atoms with Crippen molar-refractivity contribution in [3.63, 3.8) is 0 Å². The highest BCUT2D eigenvalue weighted by Crippen LogP contribution is 2.39. The second kappa shape index (κ2) is 12.5. The van der Waals surface area contributed by atoms with Gasteiger partial charge in [0.25, 0.3) is 0 Å². The lowest BCUT2D eigenvalue weighted by atomic mass is 9.93. The summed E-state index contributed by atoms with van der Waals surface area (Å²) in [5.74, 6) is 0.940. The number of nitrogens with one attached hydrogen (secondary N) is 1. The number of fused-ring (bicyclic) bond motifs is 1. The lowest BCUT2D eigenvalue weighted by Gasteiger charge is -2.16. The quantitative estimate of drug-likeness (QED) is 0.107. The average Bonchev–Trinajstić information content (AvgIpc) is 3.65. The molecule has 44 heavy (non-hydrogen) atoms. The van der Waals surface area contributed by atoms with Gasteiger partial charge in [0, 0.05) is 51.7 Å². The molecule has 0 amide bonds. The first-order valence-electron chi connectivity index (χ1n) is 14.5. The zero-order valence-corrected chi connectivity index (χ0v) is 26.2. The van der Waals surface area contributed by atoms with Crippen molar-refractivity contribution in [3.05, 3.63) is 96.5 Å². The van der Waals surface area contributed by atoms with E-state index in [4.69, 9.17) is 0 Å². The normalized spacial score (nSPS) is 12.0. The highest BCUT2D eigenvalue weighted by Gasteiger charge is 2.18. The summed E-state index contributed by atoms with van der Waals surface area (Å²) in [6.45, 7) is 8.92. The van der Waals surface area contributed by atoms with Crippen LogP contribution >= 0.6 is 11.3 Å². The second-order valence-corrected chi connectivity index (χ2v) is 12.2. The van der Waals surface area contributed by atoms with Gasteiger partial charge in [-0.25, -0.2) is 14.4 Å². The number of rotatable bonds is 9. The van der Waals surface area contributed by atoms with Crippen molar-refractivity contribution in [1.29, 1.82) is 0 Å². The van der Waals surface area contributed by atoms with Crippen molar-refractivity contribution in [2.24, 2.45) is 0 Å². The van der Waals surface area contributed by atoms with Crippen LogP contribution in [0.5, 0.6) is 23.0 Å². The van der Waals surface area contributed by atoms with Crippen molar-refractivity contribution in [2.45, 2.75) is 60.3 Å². The molecule has 0 unspecified atom stereocenters. The average molecular weight is 614 g/mol. The monoisotopic (exact) mass is 613 g/mol. The van der Waals surface area contributed by atoms with Crippen LogP contribution in [0.3, 0.4) is 0 Å². The van der Waals surface area contributed by atoms with E-state index in [1.54, 1.807) is 65.1 Å². The Bertz CT molecular complexity index is 1910. The minimum Gasteiger partial charge on any atom is -0.507 e. The number of hydrogen-bond acceptors (Lipinski definition) is 7. The number of aromatic hydroxyl groups is 4. The molecule has 9 heteroatoms. The Hall–Kier alpha value is -4.63. The smallest absolute Gasteiger partial charge is 0.151 e. The fourth-order valence-corrected chi connectivity index (χ4v) is 6.26. The summed E-state index contributed by atoms with van der Waals surface area (Å²) in [5, 5.41) is 43.9. The molecule has 5 aromatic rings. The Morgan fingerprint density at radius 3 is 2.20 bits per heavy atom. The van der Waals surface area contributed by atoms with E-state index in [1.165, 1.54) is 17.4 Å². The summed E-state index contributed by atoms with van der Waals surface area (Å²) in [6.07, 6.45) is 11.4. The van der Waals surface area contributed by atoms with Crippen LogP contribution in [-0.2, 0) is 19.3 Å². The van der Waals surface area contributed by atoms with E-state index >= 15 is 0 Å². The summed E-state index contributed by atoms with van der Waals surface area (Å²) in [5.41, 5.74) is 5.96. The predicted molar refractivity (Wildman–Crippen MR) is 175 cm³/mol. The number of aromatic amines is 1. The van der Waals surface area contributed by atoms with Crippen molar-refractivity contribution >= 4 is 40.6 Å². The van der Waals surface area contributed by atoms with Gasteiger partial charge < -0.3 is 25.4 Å².